The molecular weight excluding hydrogens is 740 g/mol. The first kappa shape index (κ1) is 30.4. The molecule has 0 N–H and O–H groups in total. The van der Waals surface area contributed by atoms with E-state index in [0.717, 1.165) is 68.9 Å². The second-order valence-corrected chi connectivity index (χ2v) is 10.8. The van der Waals surface area contributed by atoms with Crippen LogP contribution in [0.3, 0.4) is 0 Å². The van der Waals surface area contributed by atoms with Crippen molar-refractivity contribution < 1.29 is 30.5 Å². The zero-order valence-electron chi connectivity index (χ0n) is 25.6. The molecule has 0 spiro atoms. The summed E-state index contributed by atoms with van der Waals surface area (Å²) in [6, 6.07) is 37.6. The van der Waals surface area contributed by atoms with Gasteiger partial charge in [-0.25, -0.2) is 4.98 Å². The standard InChI is InChI=1S/C38H32N4O2.Pt/c1-5-33-38(26-11-8-7-9-12-26)34(6-2)42(40-33)27-13-10-14-29(22-27)44-30-15-17-31-32-23-28(43-4)16-18-35(32)41(36(31)24-30)37-21-25(3)19-20-39-37;/h7-21,23H,5-6H2,1-4H3;/q-2;+2. The Morgan fingerprint density at radius 1 is 0.800 bits per heavy atom. The summed E-state index contributed by atoms with van der Waals surface area (Å²) in [6.45, 7) is 6.39. The molecule has 0 unspecified atom stereocenters. The van der Waals surface area contributed by atoms with E-state index in [-0.39, 0.29) is 21.1 Å². The van der Waals surface area contributed by atoms with Crippen LogP contribution >= 0.6 is 0 Å². The molecule has 0 saturated carbocycles. The Bertz CT molecular complexity index is 2130. The maximum Gasteiger partial charge on any atom is 2.00 e. The Balaban J connectivity index is 0.00000357. The van der Waals surface area contributed by atoms with Gasteiger partial charge in [0.1, 0.15) is 11.6 Å². The van der Waals surface area contributed by atoms with Gasteiger partial charge >= 0.3 is 21.1 Å². The SMILES string of the molecule is CCc1nn(-c2[c-]c(Oc3[c-]c4c(cc3)c3cc(OC)ccc3n4-c3cc(C)ccn3)ccc2)c(CC)c1-c1ccccc1.[Pt+2]. The molecule has 0 aliphatic rings. The molecule has 7 aromatic rings. The van der Waals surface area contributed by atoms with E-state index < -0.39 is 0 Å². The Hall–Kier alpha value is -4.67. The van der Waals surface area contributed by atoms with Crippen LogP contribution in [-0.2, 0) is 33.9 Å². The van der Waals surface area contributed by atoms with Crippen LogP contribution in [0.5, 0.6) is 17.2 Å². The van der Waals surface area contributed by atoms with E-state index in [4.69, 9.17) is 19.6 Å². The van der Waals surface area contributed by atoms with Crippen LogP contribution in [0.4, 0.5) is 0 Å². The fourth-order valence-electron chi connectivity index (χ4n) is 5.92. The predicted octanol–water partition coefficient (Wildman–Crippen LogP) is 8.86. The summed E-state index contributed by atoms with van der Waals surface area (Å²) in [5.41, 5.74) is 8.46. The van der Waals surface area contributed by atoms with E-state index in [1.807, 2.05) is 53.3 Å². The average Bonchev–Trinajstić information content (AvgIpc) is 3.60. The topological polar surface area (TPSA) is 54.1 Å². The van der Waals surface area contributed by atoms with Gasteiger partial charge in [0.25, 0.3) is 0 Å². The summed E-state index contributed by atoms with van der Waals surface area (Å²) in [5.74, 6) is 2.80. The van der Waals surface area contributed by atoms with Crippen molar-refractivity contribution in [1.29, 1.82) is 0 Å². The second-order valence-electron chi connectivity index (χ2n) is 10.8. The molecule has 0 saturated heterocycles. The number of pyridine rings is 1. The zero-order chi connectivity index (χ0) is 30.2. The van der Waals surface area contributed by atoms with Crippen molar-refractivity contribution in [3.8, 4) is 39.9 Å². The van der Waals surface area contributed by atoms with E-state index in [2.05, 4.69) is 86.0 Å². The maximum absolute atomic E-state index is 6.41. The summed E-state index contributed by atoms with van der Waals surface area (Å²) in [5, 5.41) is 7.13. The summed E-state index contributed by atoms with van der Waals surface area (Å²) in [7, 11) is 1.68. The molecule has 3 heterocycles. The molecule has 7 heteroatoms. The number of nitrogens with zero attached hydrogens (tertiary/aromatic N) is 4. The van der Waals surface area contributed by atoms with Crippen LogP contribution in [-0.4, -0.2) is 26.4 Å². The van der Waals surface area contributed by atoms with E-state index in [1.165, 1.54) is 11.1 Å². The third kappa shape index (κ3) is 5.55. The van der Waals surface area contributed by atoms with Gasteiger partial charge in [-0.2, -0.15) is 17.2 Å². The molecule has 0 radical (unpaired) electrons. The molecule has 0 fully saturated rings. The number of rotatable bonds is 8. The van der Waals surface area contributed by atoms with E-state index in [0.29, 0.717) is 11.5 Å². The van der Waals surface area contributed by atoms with Crippen LogP contribution in [0.2, 0.25) is 0 Å². The average molecular weight is 772 g/mol. The van der Waals surface area contributed by atoms with Gasteiger partial charge in [0.15, 0.2) is 0 Å². The molecule has 7 rings (SSSR count). The van der Waals surface area contributed by atoms with E-state index in [9.17, 15) is 0 Å². The number of fused-ring (bicyclic) bond motifs is 3. The van der Waals surface area contributed by atoms with Gasteiger partial charge in [-0.05, 0) is 72.3 Å². The van der Waals surface area contributed by atoms with Crippen molar-refractivity contribution in [2.45, 2.75) is 33.6 Å². The number of aromatic nitrogens is 4. The first-order valence-electron chi connectivity index (χ1n) is 14.9. The minimum Gasteiger partial charge on any atom is -0.509 e. The molecule has 0 amide bonds. The third-order valence-corrected chi connectivity index (χ3v) is 7.97. The maximum atomic E-state index is 6.41. The molecular formula is C38H32N4O2Pt. The van der Waals surface area contributed by atoms with Crippen LogP contribution < -0.4 is 9.47 Å². The van der Waals surface area contributed by atoms with E-state index >= 15 is 0 Å². The number of ether oxygens (including phenoxy) is 2. The molecule has 0 aliphatic carbocycles. The van der Waals surface area contributed by atoms with Gasteiger partial charge in [-0.1, -0.05) is 49.7 Å². The van der Waals surface area contributed by atoms with Gasteiger partial charge in [0.2, 0.25) is 0 Å². The van der Waals surface area contributed by atoms with Gasteiger partial charge in [-0.3, -0.25) is 4.68 Å². The molecule has 226 valence electrons. The Kier molecular flexibility index (Phi) is 8.60. The number of aryl methyl sites for hydroxylation is 2. The van der Waals surface area contributed by atoms with Gasteiger partial charge < -0.3 is 14.0 Å². The monoisotopic (exact) mass is 771 g/mol. The Morgan fingerprint density at radius 3 is 2.38 bits per heavy atom. The number of benzene rings is 4. The molecule has 45 heavy (non-hydrogen) atoms. The first-order chi connectivity index (χ1) is 21.6. The number of hydrogen-bond acceptors (Lipinski definition) is 4. The van der Waals surface area contributed by atoms with Gasteiger partial charge in [0, 0.05) is 34.5 Å². The van der Waals surface area contributed by atoms with Crippen molar-refractivity contribution in [1.82, 2.24) is 19.3 Å². The predicted molar refractivity (Wildman–Crippen MR) is 175 cm³/mol. The van der Waals surface area contributed by atoms with Crippen molar-refractivity contribution in [3.05, 3.63) is 126 Å². The Labute approximate surface area is 277 Å². The Morgan fingerprint density at radius 2 is 1.62 bits per heavy atom. The second kappa shape index (κ2) is 12.7. The van der Waals surface area contributed by atoms with Crippen molar-refractivity contribution in [2.24, 2.45) is 0 Å². The largest absolute Gasteiger partial charge is 2.00 e. The van der Waals surface area contributed by atoms with Crippen molar-refractivity contribution >= 4 is 21.8 Å². The molecule has 0 atom stereocenters. The van der Waals surface area contributed by atoms with Crippen LogP contribution in [0.15, 0.2) is 97.2 Å². The smallest absolute Gasteiger partial charge is 0.509 e. The fraction of sp³-hybridized carbons (Fsp3) is 0.158. The first-order valence-corrected chi connectivity index (χ1v) is 14.9. The van der Waals surface area contributed by atoms with Gasteiger partial charge in [-0.15, -0.1) is 35.7 Å². The van der Waals surface area contributed by atoms with Crippen LogP contribution in [0.25, 0.3) is 44.4 Å². The van der Waals surface area contributed by atoms with E-state index in [1.54, 1.807) is 7.11 Å². The minimum absolute atomic E-state index is 0. The fourth-order valence-corrected chi connectivity index (χ4v) is 5.92. The van der Waals surface area contributed by atoms with Crippen LogP contribution in [0.1, 0.15) is 30.8 Å². The summed E-state index contributed by atoms with van der Waals surface area (Å²) in [4.78, 5) is 4.69. The van der Waals surface area contributed by atoms with Gasteiger partial charge in [0.05, 0.1) is 12.8 Å². The third-order valence-electron chi connectivity index (χ3n) is 7.97. The zero-order valence-corrected chi connectivity index (χ0v) is 27.8. The molecule has 4 aromatic carbocycles. The van der Waals surface area contributed by atoms with Crippen molar-refractivity contribution in [2.75, 3.05) is 7.11 Å². The molecule has 6 nitrogen and oxygen atoms in total. The van der Waals surface area contributed by atoms with Crippen molar-refractivity contribution in [3.63, 3.8) is 0 Å². The normalized spacial score (nSPS) is 11.1. The van der Waals surface area contributed by atoms with Crippen LogP contribution in [0, 0.1) is 19.1 Å². The quantitative estimate of drug-likeness (QED) is 0.145. The number of methoxy groups -OCH3 is 1. The number of hydrogen-bond donors (Lipinski definition) is 0. The summed E-state index contributed by atoms with van der Waals surface area (Å²) >= 11 is 0. The molecule has 0 bridgehead atoms. The summed E-state index contributed by atoms with van der Waals surface area (Å²) < 4.78 is 16.1. The molecule has 0 aliphatic heterocycles. The minimum atomic E-state index is 0. The summed E-state index contributed by atoms with van der Waals surface area (Å²) in [6.07, 6.45) is 3.51. The molecule has 3 aromatic heterocycles.